The van der Waals surface area contributed by atoms with Gasteiger partial charge >= 0.3 is 0 Å². The number of nitro benzene ring substituents is 1. The van der Waals surface area contributed by atoms with Crippen LogP contribution in [0.4, 0.5) is 5.69 Å². The highest BCUT2D eigenvalue weighted by atomic mass is 16.6. The van der Waals surface area contributed by atoms with Crippen LogP contribution in [0, 0.1) is 10.1 Å². The first-order valence-electron chi connectivity index (χ1n) is 12.2. The van der Waals surface area contributed by atoms with Crippen LogP contribution in [0.1, 0.15) is 6.92 Å². The van der Waals surface area contributed by atoms with Gasteiger partial charge in [-0.05, 0) is 19.1 Å². The maximum atomic E-state index is 10.6. The van der Waals surface area contributed by atoms with Crippen LogP contribution in [-0.4, -0.2) is 117 Å². The Labute approximate surface area is 213 Å². The summed E-state index contributed by atoms with van der Waals surface area (Å²) in [5, 5.41) is 10.6. The van der Waals surface area contributed by atoms with Crippen LogP contribution in [-0.2, 0) is 37.9 Å². The first-order chi connectivity index (χ1) is 17.7. The highest BCUT2D eigenvalue weighted by molar-refractivity contribution is 5.35. The van der Waals surface area contributed by atoms with Crippen LogP contribution in [0.25, 0.3) is 0 Å². The van der Waals surface area contributed by atoms with Crippen molar-refractivity contribution in [2.24, 2.45) is 0 Å². The molecule has 0 aliphatic rings. The van der Waals surface area contributed by atoms with E-state index in [-0.39, 0.29) is 5.69 Å². The topological polar surface area (TPSA) is 126 Å². The van der Waals surface area contributed by atoms with E-state index in [0.29, 0.717) is 118 Å². The fourth-order valence-electron chi connectivity index (χ4n) is 2.57. The monoisotopic (exact) mass is 519 g/mol. The molecule has 0 amide bonds. The van der Waals surface area contributed by atoms with E-state index in [1.807, 2.05) is 6.92 Å². The SMILES string of the molecule is CCOCCOCCOCCOCCOCCOCCOCCOCCOc1ccc([N+](=O)[O-])cc1. The lowest BCUT2D eigenvalue weighted by atomic mass is 10.3. The number of non-ortho nitro benzene ring substituents is 1. The van der Waals surface area contributed by atoms with Gasteiger partial charge in [-0.1, -0.05) is 0 Å². The van der Waals surface area contributed by atoms with Crippen LogP contribution in [0.2, 0.25) is 0 Å². The smallest absolute Gasteiger partial charge is 0.269 e. The van der Waals surface area contributed by atoms with Gasteiger partial charge in [0.05, 0.1) is 104 Å². The number of benzene rings is 1. The summed E-state index contributed by atoms with van der Waals surface area (Å²) in [6, 6.07) is 5.92. The van der Waals surface area contributed by atoms with Crippen LogP contribution in [0.5, 0.6) is 5.75 Å². The highest BCUT2D eigenvalue weighted by Crippen LogP contribution is 2.17. The summed E-state index contributed by atoms with van der Waals surface area (Å²) in [7, 11) is 0. The molecule has 0 bridgehead atoms. The lowest BCUT2D eigenvalue weighted by Gasteiger charge is -2.09. The zero-order chi connectivity index (χ0) is 25.9. The summed E-state index contributed by atoms with van der Waals surface area (Å²) >= 11 is 0. The first-order valence-corrected chi connectivity index (χ1v) is 12.2. The fraction of sp³-hybridized carbons (Fsp3) is 0.750. The molecular formula is C24H41NO11. The summed E-state index contributed by atoms with van der Waals surface area (Å²) in [6.45, 7) is 10.6. The van der Waals surface area contributed by atoms with Crippen molar-refractivity contribution < 1.29 is 47.6 Å². The van der Waals surface area contributed by atoms with Crippen molar-refractivity contribution in [2.45, 2.75) is 6.92 Å². The maximum Gasteiger partial charge on any atom is 0.269 e. The summed E-state index contributed by atoms with van der Waals surface area (Å²) in [5.74, 6) is 0.561. The standard InChI is InChI=1S/C24H41NO11/c1-2-28-7-8-29-9-10-30-11-12-31-13-14-32-15-16-33-17-18-34-19-20-35-21-22-36-24-5-3-23(4-6-24)25(26)27/h3-6H,2,7-22H2,1H3. The van der Waals surface area contributed by atoms with Gasteiger partial charge in [-0.3, -0.25) is 10.1 Å². The number of rotatable bonds is 27. The van der Waals surface area contributed by atoms with E-state index in [1.165, 1.54) is 12.1 Å². The number of nitrogens with zero attached hydrogens (tertiary/aromatic N) is 1. The molecule has 12 heteroatoms. The van der Waals surface area contributed by atoms with Crippen molar-refractivity contribution in [2.75, 3.05) is 112 Å². The third-order valence-corrected chi connectivity index (χ3v) is 4.35. The number of nitro groups is 1. The molecular weight excluding hydrogens is 478 g/mol. The van der Waals surface area contributed by atoms with Gasteiger partial charge in [0.15, 0.2) is 0 Å². The number of hydrogen-bond donors (Lipinski definition) is 0. The fourth-order valence-corrected chi connectivity index (χ4v) is 2.57. The second kappa shape index (κ2) is 24.8. The molecule has 0 saturated heterocycles. The minimum atomic E-state index is -0.451. The molecule has 208 valence electrons. The number of ether oxygens (including phenoxy) is 9. The molecule has 0 spiro atoms. The second-order valence-corrected chi connectivity index (χ2v) is 7.08. The van der Waals surface area contributed by atoms with Crippen LogP contribution >= 0.6 is 0 Å². The molecule has 0 N–H and O–H groups in total. The summed E-state index contributed by atoms with van der Waals surface area (Å²) < 4.78 is 48.5. The van der Waals surface area contributed by atoms with E-state index in [0.717, 1.165) is 0 Å². The van der Waals surface area contributed by atoms with E-state index < -0.39 is 4.92 Å². The Balaban J connectivity index is 1.70. The predicted octanol–water partition coefficient (Wildman–Crippen LogP) is 2.13. The molecule has 1 aromatic carbocycles. The van der Waals surface area contributed by atoms with Gasteiger partial charge in [-0.2, -0.15) is 0 Å². The lowest BCUT2D eigenvalue weighted by molar-refractivity contribution is -0.384. The largest absolute Gasteiger partial charge is 0.491 e. The summed E-state index contributed by atoms with van der Waals surface area (Å²) in [6.07, 6.45) is 0. The summed E-state index contributed by atoms with van der Waals surface area (Å²) in [5.41, 5.74) is 0.0295. The molecule has 0 aliphatic heterocycles. The van der Waals surface area contributed by atoms with Crippen LogP contribution in [0.3, 0.4) is 0 Å². The minimum absolute atomic E-state index is 0.0295. The molecule has 0 radical (unpaired) electrons. The lowest BCUT2D eigenvalue weighted by Crippen LogP contribution is -2.15. The summed E-state index contributed by atoms with van der Waals surface area (Å²) in [4.78, 5) is 10.1. The normalized spacial score (nSPS) is 11.1. The Bertz CT molecular complexity index is 619. The molecule has 0 fully saturated rings. The molecule has 0 saturated carbocycles. The van der Waals surface area contributed by atoms with E-state index in [2.05, 4.69) is 0 Å². The van der Waals surface area contributed by atoms with Crippen LogP contribution in [0.15, 0.2) is 24.3 Å². The molecule has 0 heterocycles. The van der Waals surface area contributed by atoms with Gasteiger partial charge in [0.1, 0.15) is 12.4 Å². The average molecular weight is 520 g/mol. The van der Waals surface area contributed by atoms with E-state index in [4.69, 9.17) is 42.6 Å². The zero-order valence-corrected chi connectivity index (χ0v) is 21.3. The maximum absolute atomic E-state index is 10.6. The quantitative estimate of drug-likeness (QED) is 0.0964. The van der Waals surface area contributed by atoms with Crippen molar-refractivity contribution >= 4 is 5.69 Å². The molecule has 0 atom stereocenters. The molecule has 1 rings (SSSR count). The van der Waals surface area contributed by atoms with Gasteiger partial charge in [0, 0.05) is 18.7 Å². The minimum Gasteiger partial charge on any atom is -0.491 e. The van der Waals surface area contributed by atoms with Gasteiger partial charge in [-0.15, -0.1) is 0 Å². The highest BCUT2D eigenvalue weighted by Gasteiger charge is 2.04. The third-order valence-electron chi connectivity index (χ3n) is 4.35. The van der Waals surface area contributed by atoms with E-state index >= 15 is 0 Å². The van der Waals surface area contributed by atoms with Gasteiger partial charge < -0.3 is 42.6 Å². The van der Waals surface area contributed by atoms with E-state index in [9.17, 15) is 10.1 Å². The Morgan fingerprint density at radius 2 is 0.833 bits per heavy atom. The first kappa shape index (κ1) is 32.1. The molecule has 1 aromatic rings. The van der Waals surface area contributed by atoms with Crippen molar-refractivity contribution in [3.8, 4) is 5.75 Å². The molecule has 0 unspecified atom stereocenters. The molecule has 36 heavy (non-hydrogen) atoms. The Morgan fingerprint density at radius 1 is 0.528 bits per heavy atom. The van der Waals surface area contributed by atoms with Crippen molar-refractivity contribution in [1.82, 2.24) is 0 Å². The van der Waals surface area contributed by atoms with Crippen molar-refractivity contribution in [3.05, 3.63) is 34.4 Å². The van der Waals surface area contributed by atoms with Crippen molar-refractivity contribution in [3.63, 3.8) is 0 Å². The number of hydrogen-bond acceptors (Lipinski definition) is 11. The average Bonchev–Trinajstić information content (AvgIpc) is 2.89. The van der Waals surface area contributed by atoms with E-state index in [1.54, 1.807) is 12.1 Å². The molecule has 12 nitrogen and oxygen atoms in total. The van der Waals surface area contributed by atoms with Gasteiger partial charge in [0.2, 0.25) is 0 Å². The van der Waals surface area contributed by atoms with Crippen molar-refractivity contribution in [1.29, 1.82) is 0 Å². The van der Waals surface area contributed by atoms with Gasteiger partial charge in [0.25, 0.3) is 5.69 Å². The predicted molar refractivity (Wildman–Crippen MR) is 131 cm³/mol. The third kappa shape index (κ3) is 20.3. The zero-order valence-electron chi connectivity index (χ0n) is 21.3. The second-order valence-electron chi connectivity index (χ2n) is 7.08. The van der Waals surface area contributed by atoms with Gasteiger partial charge in [-0.25, -0.2) is 0 Å². The Morgan fingerprint density at radius 3 is 1.14 bits per heavy atom. The van der Waals surface area contributed by atoms with Crippen LogP contribution < -0.4 is 4.74 Å². The Hall–Kier alpha value is -1.90. The molecule has 0 aromatic heterocycles. The Kier molecular flexibility index (Phi) is 22.1. The molecule has 0 aliphatic carbocycles.